The Morgan fingerprint density at radius 2 is 1.37 bits per heavy atom. The van der Waals surface area contributed by atoms with Gasteiger partial charge in [0, 0.05) is 6.92 Å². The molecule has 0 aliphatic rings. The molecule has 0 radical (unpaired) electrons. The van der Waals surface area contributed by atoms with Crippen molar-refractivity contribution in [2.75, 3.05) is 0 Å². The van der Waals surface area contributed by atoms with Gasteiger partial charge in [-0.3, -0.25) is 20.4 Å². The molecule has 2 rings (SSSR count). The quantitative estimate of drug-likeness (QED) is 0.777. The van der Waals surface area contributed by atoms with Crippen molar-refractivity contribution in [1.82, 2.24) is 10.9 Å². The Morgan fingerprint density at radius 3 is 1.85 bits per heavy atom. The average Bonchev–Trinajstić information content (AvgIpc) is 2.61. The van der Waals surface area contributed by atoms with E-state index in [0.717, 1.165) is 12.1 Å². The van der Waals surface area contributed by atoms with Crippen molar-refractivity contribution in [3.8, 4) is 17.2 Å². The van der Waals surface area contributed by atoms with Gasteiger partial charge in [0.25, 0.3) is 5.91 Å². The predicted octanol–water partition coefficient (Wildman–Crippen LogP) is 3.43. The van der Waals surface area contributed by atoms with Crippen molar-refractivity contribution in [2.24, 2.45) is 0 Å². The van der Waals surface area contributed by atoms with Crippen molar-refractivity contribution in [1.29, 1.82) is 0 Å². The Labute approximate surface area is 153 Å². The van der Waals surface area contributed by atoms with Crippen molar-refractivity contribution < 1.29 is 32.2 Å². The fraction of sp³-hybridized carbons (Fsp3) is 0.222. The van der Waals surface area contributed by atoms with Crippen LogP contribution in [0.2, 0.25) is 0 Å². The summed E-state index contributed by atoms with van der Waals surface area (Å²) < 4.78 is 48.5. The van der Waals surface area contributed by atoms with E-state index in [4.69, 9.17) is 9.47 Å². The van der Waals surface area contributed by atoms with Gasteiger partial charge in [0.2, 0.25) is 5.91 Å². The molecule has 144 valence electrons. The number of rotatable bonds is 5. The van der Waals surface area contributed by atoms with E-state index in [1.54, 1.807) is 24.3 Å². The maximum Gasteiger partial charge on any atom is 0.416 e. The van der Waals surface area contributed by atoms with Gasteiger partial charge < -0.3 is 9.47 Å². The molecule has 1 unspecified atom stereocenters. The first-order valence-electron chi connectivity index (χ1n) is 7.83. The van der Waals surface area contributed by atoms with E-state index in [0.29, 0.717) is 11.5 Å². The summed E-state index contributed by atoms with van der Waals surface area (Å²) in [5.41, 5.74) is 3.59. The van der Waals surface area contributed by atoms with Gasteiger partial charge in [-0.1, -0.05) is 0 Å². The molecule has 0 spiro atoms. The highest BCUT2D eigenvalue weighted by molar-refractivity contribution is 5.83. The smallest absolute Gasteiger partial charge is 0.416 e. The zero-order valence-corrected chi connectivity index (χ0v) is 14.5. The summed E-state index contributed by atoms with van der Waals surface area (Å²) in [6.45, 7) is 2.75. The standard InChI is InChI=1S/C18H17F3N2O4/c1-11(17(25)23-22-12(2)24)26-14-7-9-16(10-8-14)27-15-5-3-13(4-6-15)18(19,20)21/h3-11H,1-2H3,(H,22,24)(H,23,25). The topological polar surface area (TPSA) is 76.7 Å². The SMILES string of the molecule is CC(=O)NNC(=O)C(C)Oc1ccc(Oc2ccc(C(F)(F)F)cc2)cc1. The van der Waals surface area contributed by atoms with Crippen LogP contribution in [0.3, 0.4) is 0 Å². The maximum atomic E-state index is 12.5. The minimum atomic E-state index is -4.40. The number of carbonyl (C=O) groups excluding carboxylic acids is 2. The molecular formula is C18H17F3N2O4. The van der Waals surface area contributed by atoms with E-state index >= 15 is 0 Å². The summed E-state index contributed by atoms with van der Waals surface area (Å²) in [4.78, 5) is 22.5. The Balaban J connectivity index is 1.93. The van der Waals surface area contributed by atoms with Gasteiger partial charge in [-0.25, -0.2) is 0 Å². The predicted molar refractivity (Wildman–Crippen MR) is 90.0 cm³/mol. The summed E-state index contributed by atoms with van der Waals surface area (Å²) in [6, 6.07) is 10.5. The number of halogens is 3. The largest absolute Gasteiger partial charge is 0.481 e. The third-order valence-corrected chi connectivity index (χ3v) is 3.28. The molecular weight excluding hydrogens is 365 g/mol. The number of carbonyl (C=O) groups is 2. The van der Waals surface area contributed by atoms with Crippen LogP contribution in [-0.4, -0.2) is 17.9 Å². The molecule has 0 aromatic heterocycles. The highest BCUT2D eigenvalue weighted by atomic mass is 19.4. The van der Waals surface area contributed by atoms with E-state index in [1.165, 1.54) is 26.0 Å². The molecule has 0 saturated carbocycles. The lowest BCUT2D eigenvalue weighted by Crippen LogP contribution is -2.46. The fourth-order valence-electron chi connectivity index (χ4n) is 1.94. The van der Waals surface area contributed by atoms with Gasteiger partial charge in [0.1, 0.15) is 17.2 Å². The van der Waals surface area contributed by atoms with Crippen molar-refractivity contribution in [2.45, 2.75) is 26.1 Å². The van der Waals surface area contributed by atoms with Gasteiger partial charge in [-0.2, -0.15) is 13.2 Å². The third-order valence-electron chi connectivity index (χ3n) is 3.28. The lowest BCUT2D eigenvalue weighted by molar-refractivity contribution is -0.137. The molecule has 0 fully saturated rings. The monoisotopic (exact) mass is 382 g/mol. The summed E-state index contributed by atoms with van der Waals surface area (Å²) in [7, 11) is 0. The minimum absolute atomic E-state index is 0.250. The number of ether oxygens (including phenoxy) is 2. The molecule has 2 aromatic rings. The van der Waals surface area contributed by atoms with Crippen LogP contribution in [0.15, 0.2) is 48.5 Å². The number of hydrogen-bond donors (Lipinski definition) is 2. The van der Waals surface area contributed by atoms with Crippen LogP contribution in [0.5, 0.6) is 17.2 Å². The van der Waals surface area contributed by atoms with E-state index in [2.05, 4.69) is 10.9 Å². The van der Waals surface area contributed by atoms with Crippen LogP contribution in [0.25, 0.3) is 0 Å². The van der Waals surface area contributed by atoms with Crippen LogP contribution in [0, 0.1) is 0 Å². The van der Waals surface area contributed by atoms with E-state index < -0.39 is 29.7 Å². The fourth-order valence-corrected chi connectivity index (χ4v) is 1.94. The molecule has 0 bridgehead atoms. The molecule has 2 aromatic carbocycles. The Kier molecular flexibility index (Phi) is 6.27. The number of alkyl halides is 3. The Morgan fingerprint density at radius 1 is 0.889 bits per heavy atom. The number of nitrogens with one attached hydrogen (secondary N) is 2. The molecule has 27 heavy (non-hydrogen) atoms. The lowest BCUT2D eigenvalue weighted by Gasteiger charge is -2.15. The third kappa shape index (κ3) is 6.21. The first-order valence-corrected chi connectivity index (χ1v) is 7.83. The molecule has 2 amide bonds. The van der Waals surface area contributed by atoms with Crippen LogP contribution in [0.1, 0.15) is 19.4 Å². The molecule has 0 aliphatic heterocycles. The van der Waals surface area contributed by atoms with Crippen LogP contribution >= 0.6 is 0 Å². The summed E-state index contributed by atoms with van der Waals surface area (Å²) >= 11 is 0. The van der Waals surface area contributed by atoms with E-state index in [1.807, 2.05) is 0 Å². The van der Waals surface area contributed by atoms with Gasteiger partial charge in [-0.15, -0.1) is 0 Å². The Bertz CT molecular complexity index is 790. The first-order chi connectivity index (χ1) is 12.6. The van der Waals surface area contributed by atoms with Gasteiger partial charge in [0.15, 0.2) is 6.10 Å². The number of hydrazine groups is 1. The number of benzene rings is 2. The van der Waals surface area contributed by atoms with Gasteiger partial charge >= 0.3 is 6.18 Å². The molecule has 0 heterocycles. The van der Waals surface area contributed by atoms with Crippen LogP contribution in [0.4, 0.5) is 13.2 Å². The van der Waals surface area contributed by atoms with Crippen molar-refractivity contribution in [3.63, 3.8) is 0 Å². The second kappa shape index (κ2) is 8.43. The molecule has 6 nitrogen and oxygen atoms in total. The summed E-state index contributed by atoms with van der Waals surface area (Å²) in [6.07, 6.45) is -5.26. The molecule has 0 saturated heterocycles. The summed E-state index contributed by atoms with van der Waals surface area (Å²) in [5, 5.41) is 0. The maximum absolute atomic E-state index is 12.5. The lowest BCUT2D eigenvalue weighted by atomic mass is 10.2. The first kappa shape index (κ1) is 20.1. The van der Waals surface area contributed by atoms with E-state index in [9.17, 15) is 22.8 Å². The normalized spacial score (nSPS) is 12.0. The molecule has 1 atom stereocenters. The zero-order chi connectivity index (χ0) is 20.0. The highest BCUT2D eigenvalue weighted by Gasteiger charge is 2.30. The summed E-state index contributed by atoms with van der Waals surface area (Å²) in [5.74, 6) is 0.0630. The number of amides is 2. The second-order valence-corrected chi connectivity index (χ2v) is 5.53. The zero-order valence-electron chi connectivity index (χ0n) is 14.5. The van der Waals surface area contributed by atoms with Crippen LogP contribution in [-0.2, 0) is 15.8 Å². The minimum Gasteiger partial charge on any atom is -0.481 e. The molecule has 9 heteroatoms. The van der Waals surface area contributed by atoms with Gasteiger partial charge in [-0.05, 0) is 55.5 Å². The van der Waals surface area contributed by atoms with Gasteiger partial charge in [0.05, 0.1) is 5.56 Å². The van der Waals surface area contributed by atoms with Crippen molar-refractivity contribution in [3.05, 3.63) is 54.1 Å². The molecule has 0 aliphatic carbocycles. The Hall–Kier alpha value is -3.23. The van der Waals surface area contributed by atoms with Crippen molar-refractivity contribution >= 4 is 11.8 Å². The molecule has 2 N–H and O–H groups in total. The second-order valence-electron chi connectivity index (χ2n) is 5.53. The van der Waals surface area contributed by atoms with E-state index in [-0.39, 0.29) is 5.75 Å². The van der Waals surface area contributed by atoms with Crippen LogP contribution < -0.4 is 20.3 Å². The average molecular weight is 382 g/mol. The number of hydrogen-bond acceptors (Lipinski definition) is 4. The highest BCUT2D eigenvalue weighted by Crippen LogP contribution is 2.31.